The number of rotatable bonds is 7. The molecule has 0 unspecified atom stereocenters. The van der Waals surface area contributed by atoms with Gasteiger partial charge in [-0.2, -0.15) is 0 Å². The third kappa shape index (κ3) is 5.24. The van der Waals surface area contributed by atoms with E-state index >= 15 is 0 Å². The van der Waals surface area contributed by atoms with Gasteiger partial charge >= 0.3 is 0 Å². The zero-order chi connectivity index (χ0) is 21.3. The summed E-state index contributed by atoms with van der Waals surface area (Å²) in [5, 5.41) is 11.4. The SMILES string of the molecule is COc1ccc(Oc2ccccc2C(=O)Nc2ccccc2C=CC(=O)NO)cc1. The summed E-state index contributed by atoms with van der Waals surface area (Å²) >= 11 is 0. The Labute approximate surface area is 173 Å². The summed E-state index contributed by atoms with van der Waals surface area (Å²) in [5.41, 5.74) is 2.97. The minimum atomic E-state index is -0.672. The molecule has 30 heavy (non-hydrogen) atoms. The van der Waals surface area contributed by atoms with Crippen molar-refractivity contribution < 1.29 is 24.3 Å². The van der Waals surface area contributed by atoms with E-state index in [2.05, 4.69) is 5.32 Å². The van der Waals surface area contributed by atoms with Gasteiger partial charge in [-0.1, -0.05) is 30.3 Å². The number of carbonyl (C=O) groups is 2. The molecule has 2 amide bonds. The second kappa shape index (κ2) is 9.90. The fourth-order valence-electron chi connectivity index (χ4n) is 2.66. The van der Waals surface area contributed by atoms with E-state index in [9.17, 15) is 9.59 Å². The van der Waals surface area contributed by atoms with Crippen LogP contribution in [0.3, 0.4) is 0 Å². The Balaban J connectivity index is 1.81. The van der Waals surface area contributed by atoms with Crippen LogP contribution >= 0.6 is 0 Å². The maximum absolute atomic E-state index is 12.9. The first-order valence-electron chi connectivity index (χ1n) is 9.04. The lowest BCUT2D eigenvalue weighted by Crippen LogP contribution is -2.15. The van der Waals surface area contributed by atoms with Crippen LogP contribution in [0.25, 0.3) is 6.08 Å². The van der Waals surface area contributed by atoms with Crippen LogP contribution in [0.15, 0.2) is 78.9 Å². The van der Waals surface area contributed by atoms with Crippen molar-refractivity contribution in [3.63, 3.8) is 0 Å². The Morgan fingerprint density at radius 3 is 2.30 bits per heavy atom. The molecule has 0 bridgehead atoms. The quantitative estimate of drug-likeness (QED) is 0.311. The van der Waals surface area contributed by atoms with Gasteiger partial charge in [0.15, 0.2) is 0 Å². The Bertz CT molecular complexity index is 1060. The number of carbonyl (C=O) groups excluding carboxylic acids is 2. The highest BCUT2D eigenvalue weighted by Crippen LogP contribution is 2.28. The topological polar surface area (TPSA) is 96.9 Å². The van der Waals surface area contributed by atoms with Crippen molar-refractivity contribution in [2.24, 2.45) is 0 Å². The lowest BCUT2D eigenvalue weighted by atomic mass is 10.1. The van der Waals surface area contributed by atoms with Crippen molar-refractivity contribution in [3.05, 3.63) is 90.0 Å². The number of methoxy groups -OCH3 is 1. The van der Waals surface area contributed by atoms with E-state index in [-0.39, 0.29) is 5.91 Å². The van der Waals surface area contributed by atoms with Crippen molar-refractivity contribution >= 4 is 23.6 Å². The van der Waals surface area contributed by atoms with Crippen LogP contribution in [0, 0.1) is 0 Å². The van der Waals surface area contributed by atoms with E-state index < -0.39 is 5.91 Å². The molecular weight excluding hydrogens is 384 g/mol. The Hall–Kier alpha value is -4.10. The molecule has 0 heterocycles. The molecule has 0 radical (unpaired) electrons. The summed E-state index contributed by atoms with van der Waals surface area (Å²) in [5.74, 6) is 0.621. The summed E-state index contributed by atoms with van der Waals surface area (Å²) in [4.78, 5) is 24.2. The normalized spacial score (nSPS) is 10.5. The number of nitrogens with one attached hydrogen (secondary N) is 2. The van der Waals surface area contributed by atoms with Crippen LogP contribution in [0.2, 0.25) is 0 Å². The van der Waals surface area contributed by atoms with Crippen molar-refractivity contribution in [2.75, 3.05) is 12.4 Å². The highest BCUT2D eigenvalue weighted by atomic mass is 16.5. The molecule has 0 spiro atoms. The molecule has 3 aromatic carbocycles. The van der Waals surface area contributed by atoms with Gasteiger partial charge in [-0.3, -0.25) is 14.8 Å². The molecule has 0 saturated carbocycles. The zero-order valence-electron chi connectivity index (χ0n) is 16.2. The molecule has 0 saturated heterocycles. The fraction of sp³-hybridized carbons (Fsp3) is 0.0435. The van der Waals surface area contributed by atoms with Gasteiger partial charge in [-0.05, 0) is 54.1 Å². The maximum atomic E-state index is 12.9. The minimum absolute atomic E-state index is 0.347. The summed E-state index contributed by atoms with van der Waals surface area (Å²) in [6.07, 6.45) is 2.65. The van der Waals surface area contributed by atoms with Crippen LogP contribution in [-0.4, -0.2) is 24.1 Å². The molecule has 7 heteroatoms. The number of hydrogen-bond acceptors (Lipinski definition) is 5. The van der Waals surface area contributed by atoms with Crippen molar-refractivity contribution in [1.29, 1.82) is 0 Å². The van der Waals surface area contributed by atoms with Gasteiger partial charge in [-0.15, -0.1) is 0 Å². The number of hydrogen-bond donors (Lipinski definition) is 3. The number of benzene rings is 3. The number of anilines is 1. The average molecular weight is 404 g/mol. The molecule has 0 aliphatic heterocycles. The first-order valence-corrected chi connectivity index (χ1v) is 9.04. The standard InChI is InChI=1S/C23H20N2O5/c1-29-17-11-13-18(14-12-17)30-21-9-5-3-7-19(21)23(27)24-20-8-4-2-6-16(20)10-15-22(26)25-28/h2-15,28H,1H3,(H,24,27)(H,25,26). The van der Waals surface area contributed by atoms with Crippen LogP contribution < -0.4 is 20.3 Å². The molecule has 0 atom stereocenters. The lowest BCUT2D eigenvalue weighted by molar-refractivity contribution is -0.124. The van der Waals surface area contributed by atoms with E-state index in [4.69, 9.17) is 14.7 Å². The number of hydroxylamine groups is 1. The molecule has 0 aromatic heterocycles. The van der Waals surface area contributed by atoms with Gasteiger partial charge in [0.2, 0.25) is 0 Å². The summed E-state index contributed by atoms with van der Waals surface area (Å²) in [6, 6.07) is 20.9. The predicted molar refractivity (Wildman–Crippen MR) is 113 cm³/mol. The van der Waals surface area contributed by atoms with E-state index in [0.717, 1.165) is 6.08 Å². The van der Waals surface area contributed by atoms with Crippen LogP contribution in [-0.2, 0) is 4.79 Å². The van der Waals surface area contributed by atoms with Crippen LogP contribution in [0.4, 0.5) is 5.69 Å². The largest absolute Gasteiger partial charge is 0.497 e. The second-order valence-corrected chi connectivity index (χ2v) is 6.12. The second-order valence-electron chi connectivity index (χ2n) is 6.12. The van der Waals surface area contributed by atoms with Crippen LogP contribution in [0.5, 0.6) is 17.2 Å². The third-order valence-corrected chi connectivity index (χ3v) is 4.15. The van der Waals surface area contributed by atoms with E-state index in [1.807, 2.05) is 0 Å². The number of amides is 2. The molecule has 7 nitrogen and oxygen atoms in total. The van der Waals surface area contributed by atoms with Crippen molar-refractivity contribution in [1.82, 2.24) is 5.48 Å². The monoisotopic (exact) mass is 404 g/mol. The van der Waals surface area contributed by atoms with Crippen molar-refractivity contribution in [2.45, 2.75) is 0 Å². The summed E-state index contributed by atoms with van der Waals surface area (Å²) in [7, 11) is 1.58. The van der Waals surface area contributed by atoms with E-state index in [1.165, 1.54) is 11.6 Å². The van der Waals surface area contributed by atoms with Gasteiger partial charge in [0, 0.05) is 11.8 Å². The Morgan fingerprint density at radius 2 is 1.57 bits per heavy atom. The number of para-hydroxylation sites is 2. The third-order valence-electron chi connectivity index (χ3n) is 4.15. The van der Waals surface area contributed by atoms with E-state index in [1.54, 1.807) is 79.9 Å². The highest BCUT2D eigenvalue weighted by Gasteiger charge is 2.14. The molecule has 3 rings (SSSR count). The molecule has 3 aromatic rings. The van der Waals surface area contributed by atoms with Crippen LogP contribution in [0.1, 0.15) is 15.9 Å². The minimum Gasteiger partial charge on any atom is -0.497 e. The molecular formula is C23H20N2O5. The molecule has 0 aliphatic carbocycles. The molecule has 0 aliphatic rings. The first kappa shape index (κ1) is 20.6. The summed E-state index contributed by atoms with van der Waals surface area (Å²) < 4.78 is 11.0. The van der Waals surface area contributed by atoms with Gasteiger partial charge in [0.25, 0.3) is 11.8 Å². The van der Waals surface area contributed by atoms with Gasteiger partial charge in [-0.25, -0.2) is 5.48 Å². The molecule has 152 valence electrons. The lowest BCUT2D eigenvalue weighted by Gasteiger charge is -2.13. The van der Waals surface area contributed by atoms with Gasteiger partial charge < -0.3 is 14.8 Å². The molecule has 3 N–H and O–H groups in total. The van der Waals surface area contributed by atoms with Crippen molar-refractivity contribution in [3.8, 4) is 17.2 Å². The summed E-state index contributed by atoms with van der Waals surface area (Å²) in [6.45, 7) is 0. The average Bonchev–Trinajstić information content (AvgIpc) is 2.79. The maximum Gasteiger partial charge on any atom is 0.267 e. The first-order chi connectivity index (χ1) is 14.6. The smallest absolute Gasteiger partial charge is 0.267 e. The predicted octanol–water partition coefficient (Wildman–Crippen LogP) is 4.26. The van der Waals surface area contributed by atoms with Gasteiger partial charge in [0.1, 0.15) is 17.2 Å². The fourth-order valence-corrected chi connectivity index (χ4v) is 2.66. The Kier molecular flexibility index (Phi) is 6.81. The number of ether oxygens (including phenoxy) is 2. The van der Waals surface area contributed by atoms with E-state index in [0.29, 0.717) is 34.1 Å². The molecule has 0 fully saturated rings. The zero-order valence-corrected chi connectivity index (χ0v) is 16.2. The highest BCUT2D eigenvalue weighted by molar-refractivity contribution is 6.07. The van der Waals surface area contributed by atoms with Gasteiger partial charge in [0.05, 0.1) is 12.7 Å². The Morgan fingerprint density at radius 1 is 0.900 bits per heavy atom.